The van der Waals surface area contributed by atoms with Crippen molar-refractivity contribution in [1.82, 2.24) is 9.80 Å². The molecule has 2 aliphatic rings. The van der Waals surface area contributed by atoms with Crippen LogP contribution in [0.25, 0.3) is 0 Å². The number of benzene rings is 2. The summed E-state index contributed by atoms with van der Waals surface area (Å²) in [6.07, 6.45) is 2.66. The van der Waals surface area contributed by atoms with Crippen LogP contribution in [0.4, 0.5) is 5.69 Å². The van der Waals surface area contributed by atoms with Crippen molar-refractivity contribution in [3.8, 4) is 0 Å². The van der Waals surface area contributed by atoms with E-state index in [1.807, 2.05) is 23.1 Å². The number of hydrogen-bond donors (Lipinski definition) is 1. The van der Waals surface area contributed by atoms with E-state index in [-0.39, 0.29) is 11.8 Å². The smallest absolute Gasteiger partial charge is 0.255 e. The van der Waals surface area contributed by atoms with Gasteiger partial charge in [0.1, 0.15) is 0 Å². The summed E-state index contributed by atoms with van der Waals surface area (Å²) in [7, 11) is 0. The van der Waals surface area contributed by atoms with Gasteiger partial charge in [-0.25, -0.2) is 0 Å². The van der Waals surface area contributed by atoms with Crippen molar-refractivity contribution in [2.45, 2.75) is 18.9 Å². The highest BCUT2D eigenvalue weighted by atomic mass is 16.5. The van der Waals surface area contributed by atoms with Gasteiger partial charge in [0.25, 0.3) is 11.8 Å². The number of ether oxygens (including phenoxy) is 1. The fourth-order valence-corrected chi connectivity index (χ4v) is 3.88. The predicted molar refractivity (Wildman–Crippen MR) is 112 cm³/mol. The predicted octanol–water partition coefficient (Wildman–Crippen LogP) is 2.88. The number of amides is 2. The first-order chi connectivity index (χ1) is 14.2. The zero-order chi connectivity index (χ0) is 20.1. The Morgan fingerprint density at radius 2 is 1.66 bits per heavy atom. The van der Waals surface area contributed by atoms with Crippen LogP contribution in [0.15, 0.2) is 54.6 Å². The van der Waals surface area contributed by atoms with Crippen molar-refractivity contribution in [1.29, 1.82) is 0 Å². The third-order valence-electron chi connectivity index (χ3n) is 5.57. The summed E-state index contributed by atoms with van der Waals surface area (Å²) in [6.45, 7) is 5.09. The molecule has 0 bridgehead atoms. The van der Waals surface area contributed by atoms with Crippen molar-refractivity contribution < 1.29 is 14.3 Å². The molecule has 1 N–H and O–H groups in total. The van der Waals surface area contributed by atoms with Gasteiger partial charge in [0.05, 0.1) is 6.10 Å². The molecule has 0 spiro atoms. The summed E-state index contributed by atoms with van der Waals surface area (Å²) in [5, 5.41) is 2.86. The Labute approximate surface area is 171 Å². The van der Waals surface area contributed by atoms with Gasteiger partial charge in [-0.05, 0) is 49.2 Å². The lowest BCUT2D eigenvalue weighted by atomic mass is 10.1. The van der Waals surface area contributed by atoms with Gasteiger partial charge in [0.2, 0.25) is 0 Å². The molecule has 2 saturated heterocycles. The summed E-state index contributed by atoms with van der Waals surface area (Å²) in [4.78, 5) is 29.3. The van der Waals surface area contributed by atoms with Crippen LogP contribution in [-0.2, 0) is 4.74 Å². The Morgan fingerprint density at radius 1 is 0.931 bits per heavy atom. The highest BCUT2D eigenvalue weighted by Crippen LogP contribution is 2.17. The Morgan fingerprint density at radius 3 is 2.31 bits per heavy atom. The zero-order valence-corrected chi connectivity index (χ0v) is 16.5. The third-order valence-corrected chi connectivity index (χ3v) is 5.57. The van der Waals surface area contributed by atoms with Crippen molar-refractivity contribution >= 4 is 17.5 Å². The lowest BCUT2D eigenvalue weighted by Gasteiger charge is -2.35. The van der Waals surface area contributed by atoms with Crippen molar-refractivity contribution in [2.75, 3.05) is 44.6 Å². The van der Waals surface area contributed by atoms with Crippen LogP contribution in [0, 0.1) is 0 Å². The van der Waals surface area contributed by atoms with Crippen LogP contribution in [0.5, 0.6) is 0 Å². The topological polar surface area (TPSA) is 61.9 Å². The van der Waals surface area contributed by atoms with E-state index in [4.69, 9.17) is 4.74 Å². The zero-order valence-electron chi connectivity index (χ0n) is 16.5. The molecule has 2 aromatic carbocycles. The number of rotatable bonds is 5. The Hall–Kier alpha value is -2.70. The molecule has 0 radical (unpaired) electrons. The number of carbonyl (C=O) groups is 2. The Balaban J connectivity index is 1.28. The molecule has 2 fully saturated rings. The molecule has 1 atom stereocenters. The third kappa shape index (κ3) is 5.02. The van der Waals surface area contributed by atoms with Crippen molar-refractivity contribution in [2.24, 2.45) is 0 Å². The molecule has 6 nitrogen and oxygen atoms in total. The summed E-state index contributed by atoms with van der Waals surface area (Å²) in [5.74, 6) is -0.116. The summed E-state index contributed by atoms with van der Waals surface area (Å²) in [6, 6.07) is 16.2. The average Bonchev–Trinajstić information content (AvgIpc) is 3.28. The van der Waals surface area contributed by atoms with E-state index < -0.39 is 0 Å². The molecular formula is C23H27N3O3. The lowest BCUT2D eigenvalue weighted by molar-refractivity contribution is 0.0432. The van der Waals surface area contributed by atoms with Crippen LogP contribution >= 0.6 is 0 Å². The first-order valence-electron chi connectivity index (χ1n) is 10.3. The second-order valence-corrected chi connectivity index (χ2v) is 7.63. The van der Waals surface area contributed by atoms with Crippen LogP contribution in [0.3, 0.4) is 0 Å². The van der Waals surface area contributed by atoms with Gasteiger partial charge in [-0.3, -0.25) is 14.5 Å². The number of nitrogens with zero attached hydrogens (tertiary/aromatic N) is 2. The van der Waals surface area contributed by atoms with Gasteiger partial charge in [-0.2, -0.15) is 0 Å². The molecule has 152 valence electrons. The van der Waals surface area contributed by atoms with Crippen LogP contribution in [-0.4, -0.2) is 67.0 Å². The van der Waals surface area contributed by atoms with Gasteiger partial charge in [0.15, 0.2) is 0 Å². The standard InChI is InChI=1S/C23H27N3O3/c27-22(18-5-2-1-3-6-18)24-20-10-8-19(9-11-20)23(28)26-14-12-25(13-15-26)17-21-7-4-16-29-21/h1-3,5-6,8-11,21H,4,7,12-17H2,(H,24,27). The minimum Gasteiger partial charge on any atom is -0.377 e. The van der Waals surface area contributed by atoms with Gasteiger partial charge in [-0.15, -0.1) is 0 Å². The molecule has 2 amide bonds. The second-order valence-electron chi connectivity index (χ2n) is 7.63. The summed E-state index contributed by atoms with van der Waals surface area (Å²) >= 11 is 0. The van der Waals surface area contributed by atoms with Gasteiger partial charge >= 0.3 is 0 Å². The normalized spacial score (nSPS) is 19.9. The second kappa shape index (κ2) is 9.20. The quantitative estimate of drug-likeness (QED) is 0.849. The molecule has 4 rings (SSSR count). The molecular weight excluding hydrogens is 366 g/mol. The first-order valence-corrected chi connectivity index (χ1v) is 10.3. The Bertz CT molecular complexity index is 824. The number of anilines is 1. The molecule has 2 heterocycles. The fourth-order valence-electron chi connectivity index (χ4n) is 3.88. The van der Waals surface area contributed by atoms with Crippen molar-refractivity contribution in [3.63, 3.8) is 0 Å². The lowest BCUT2D eigenvalue weighted by Crippen LogP contribution is -2.50. The number of nitrogens with one attached hydrogen (secondary N) is 1. The first kappa shape index (κ1) is 19.6. The molecule has 0 aliphatic carbocycles. The SMILES string of the molecule is O=C(Nc1ccc(C(=O)N2CCN(CC3CCCO3)CC2)cc1)c1ccccc1. The maximum atomic E-state index is 12.8. The highest BCUT2D eigenvalue weighted by Gasteiger charge is 2.25. The summed E-state index contributed by atoms with van der Waals surface area (Å²) < 4.78 is 5.71. The molecule has 0 saturated carbocycles. The van der Waals surface area contributed by atoms with E-state index >= 15 is 0 Å². The van der Waals surface area contributed by atoms with Gasteiger partial charge in [0, 0.05) is 56.1 Å². The van der Waals surface area contributed by atoms with E-state index in [9.17, 15) is 9.59 Å². The number of piperazine rings is 1. The average molecular weight is 393 g/mol. The highest BCUT2D eigenvalue weighted by molar-refractivity contribution is 6.04. The van der Waals surface area contributed by atoms with E-state index in [2.05, 4.69) is 10.2 Å². The van der Waals surface area contributed by atoms with Crippen molar-refractivity contribution in [3.05, 3.63) is 65.7 Å². The number of carbonyl (C=O) groups excluding carboxylic acids is 2. The molecule has 2 aromatic rings. The monoisotopic (exact) mass is 393 g/mol. The van der Waals surface area contributed by atoms with Gasteiger partial charge < -0.3 is 15.0 Å². The van der Waals surface area contributed by atoms with Crippen LogP contribution < -0.4 is 5.32 Å². The van der Waals surface area contributed by atoms with E-state index in [0.29, 0.717) is 22.9 Å². The largest absolute Gasteiger partial charge is 0.377 e. The fraction of sp³-hybridized carbons (Fsp3) is 0.391. The maximum Gasteiger partial charge on any atom is 0.255 e. The van der Waals surface area contributed by atoms with E-state index in [1.54, 1.807) is 36.4 Å². The molecule has 1 unspecified atom stereocenters. The maximum absolute atomic E-state index is 12.8. The summed E-state index contributed by atoms with van der Waals surface area (Å²) in [5.41, 5.74) is 1.93. The number of hydrogen-bond acceptors (Lipinski definition) is 4. The molecule has 29 heavy (non-hydrogen) atoms. The molecule has 0 aromatic heterocycles. The minimum absolute atomic E-state index is 0.0442. The molecule has 6 heteroatoms. The van der Waals surface area contributed by atoms with E-state index in [1.165, 1.54) is 0 Å². The van der Waals surface area contributed by atoms with Crippen LogP contribution in [0.1, 0.15) is 33.6 Å². The van der Waals surface area contributed by atoms with E-state index in [0.717, 1.165) is 52.2 Å². The minimum atomic E-state index is -0.160. The molecule has 2 aliphatic heterocycles. The van der Waals surface area contributed by atoms with Crippen LogP contribution in [0.2, 0.25) is 0 Å². The van der Waals surface area contributed by atoms with Gasteiger partial charge in [-0.1, -0.05) is 18.2 Å². The Kier molecular flexibility index (Phi) is 6.22.